The first-order valence-electron chi connectivity index (χ1n) is 9.83. The highest BCUT2D eigenvalue weighted by atomic mass is 16.5. The van der Waals surface area contributed by atoms with E-state index in [1.165, 1.54) is 5.56 Å². The molecule has 0 spiro atoms. The molecule has 0 radical (unpaired) electrons. The fraction of sp³-hybridized carbons (Fsp3) is 0.409. The van der Waals surface area contributed by atoms with Gasteiger partial charge in [0.25, 0.3) is 5.91 Å². The van der Waals surface area contributed by atoms with Crippen molar-refractivity contribution < 1.29 is 9.32 Å². The van der Waals surface area contributed by atoms with Gasteiger partial charge < -0.3 is 4.52 Å². The van der Waals surface area contributed by atoms with Crippen molar-refractivity contribution in [2.75, 3.05) is 5.32 Å². The summed E-state index contributed by atoms with van der Waals surface area (Å²) in [5.74, 6) is 0.544. The fourth-order valence-corrected chi connectivity index (χ4v) is 3.27. The van der Waals surface area contributed by atoms with E-state index in [-0.39, 0.29) is 11.4 Å². The second-order valence-corrected chi connectivity index (χ2v) is 8.39. The number of anilines is 1. The second-order valence-electron chi connectivity index (χ2n) is 8.39. The molecule has 2 aromatic heterocycles. The number of amides is 1. The van der Waals surface area contributed by atoms with Gasteiger partial charge in [-0.15, -0.1) is 0 Å². The number of hydrogen-bond acceptors (Lipinski definition) is 4. The van der Waals surface area contributed by atoms with Crippen molar-refractivity contribution in [2.24, 2.45) is 0 Å². The third-order valence-corrected chi connectivity index (χ3v) is 5.01. The van der Waals surface area contributed by atoms with Gasteiger partial charge in [-0.25, -0.2) is 0 Å². The summed E-state index contributed by atoms with van der Waals surface area (Å²) in [4.78, 5) is 12.7. The Kier molecular flexibility index (Phi) is 4.57. The van der Waals surface area contributed by atoms with Crippen molar-refractivity contribution >= 4 is 11.8 Å². The van der Waals surface area contributed by atoms with Crippen LogP contribution in [0.4, 0.5) is 5.88 Å². The summed E-state index contributed by atoms with van der Waals surface area (Å²) in [6.45, 7) is 8.41. The van der Waals surface area contributed by atoms with Crippen molar-refractivity contribution in [3.05, 3.63) is 53.3 Å². The number of carbonyl (C=O) groups excluding carboxylic acids is 1. The molecule has 1 aliphatic carbocycles. The second kappa shape index (κ2) is 6.93. The van der Waals surface area contributed by atoms with Crippen LogP contribution in [0, 0.1) is 0 Å². The van der Waals surface area contributed by atoms with Gasteiger partial charge in [0, 0.05) is 23.2 Å². The van der Waals surface area contributed by atoms with Gasteiger partial charge in [0.05, 0.1) is 5.54 Å². The Labute approximate surface area is 164 Å². The highest BCUT2D eigenvalue weighted by molar-refractivity contribution is 6.02. The number of aryl methyl sites for hydroxylation is 1. The lowest BCUT2D eigenvalue weighted by Gasteiger charge is -2.22. The van der Waals surface area contributed by atoms with Gasteiger partial charge in [-0.2, -0.15) is 5.10 Å². The van der Waals surface area contributed by atoms with E-state index in [0.717, 1.165) is 30.5 Å². The van der Waals surface area contributed by atoms with Crippen LogP contribution in [0.5, 0.6) is 0 Å². The molecule has 4 rings (SSSR count). The molecule has 1 aliphatic rings. The number of rotatable bonds is 5. The van der Waals surface area contributed by atoms with E-state index >= 15 is 0 Å². The zero-order valence-corrected chi connectivity index (χ0v) is 16.8. The Morgan fingerprint density at radius 1 is 1.21 bits per heavy atom. The molecule has 3 aromatic rings. The quantitative estimate of drug-likeness (QED) is 0.679. The molecule has 0 aliphatic heterocycles. The summed E-state index contributed by atoms with van der Waals surface area (Å²) in [5, 5.41) is 11.4. The summed E-state index contributed by atoms with van der Waals surface area (Å²) >= 11 is 0. The van der Waals surface area contributed by atoms with E-state index in [0.29, 0.717) is 23.2 Å². The molecule has 0 atom stereocenters. The molecule has 6 heteroatoms. The van der Waals surface area contributed by atoms with Gasteiger partial charge in [0.2, 0.25) is 5.88 Å². The lowest BCUT2D eigenvalue weighted by Crippen LogP contribution is -2.25. The van der Waals surface area contributed by atoms with E-state index in [1.807, 2.05) is 22.9 Å². The van der Waals surface area contributed by atoms with E-state index < -0.39 is 0 Å². The van der Waals surface area contributed by atoms with Crippen LogP contribution in [-0.2, 0) is 12.0 Å². The smallest absolute Gasteiger partial charge is 0.278 e. The molecule has 1 amide bonds. The minimum absolute atomic E-state index is 0.166. The molecular formula is C22H26N4O2. The summed E-state index contributed by atoms with van der Waals surface area (Å²) in [5.41, 5.74) is 4.28. The van der Waals surface area contributed by atoms with Crippen molar-refractivity contribution in [3.63, 3.8) is 0 Å². The first-order valence-corrected chi connectivity index (χ1v) is 9.83. The summed E-state index contributed by atoms with van der Waals surface area (Å²) in [6, 6.07) is 11.8. The molecule has 146 valence electrons. The average molecular weight is 378 g/mol. The number of benzene rings is 1. The largest absolute Gasteiger partial charge is 0.338 e. The summed E-state index contributed by atoms with van der Waals surface area (Å²) in [7, 11) is 0. The Morgan fingerprint density at radius 3 is 2.54 bits per heavy atom. The minimum Gasteiger partial charge on any atom is -0.338 e. The molecular weight excluding hydrogens is 352 g/mol. The molecule has 6 nitrogen and oxygen atoms in total. The van der Waals surface area contributed by atoms with Crippen molar-refractivity contribution in [2.45, 2.75) is 58.4 Å². The fourth-order valence-electron chi connectivity index (χ4n) is 3.27. The molecule has 1 N–H and O–H groups in total. The Balaban J connectivity index is 1.52. The summed E-state index contributed by atoms with van der Waals surface area (Å²) in [6.07, 6.45) is 3.31. The zero-order valence-electron chi connectivity index (χ0n) is 16.8. The Bertz CT molecular complexity index is 988. The number of nitrogens with one attached hydrogen (secondary N) is 1. The zero-order chi connectivity index (χ0) is 19.9. The van der Waals surface area contributed by atoms with Crippen LogP contribution in [0.15, 0.2) is 40.9 Å². The first kappa shape index (κ1) is 18.5. The van der Waals surface area contributed by atoms with Crippen molar-refractivity contribution in [1.29, 1.82) is 0 Å². The molecule has 0 saturated heterocycles. The highest BCUT2D eigenvalue weighted by Crippen LogP contribution is 2.41. The maximum atomic E-state index is 12.7. The van der Waals surface area contributed by atoms with Gasteiger partial charge in [-0.1, -0.05) is 36.3 Å². The molecule has 1 saturated carbocycles. The van der Waals surface area contributed by atoms with Gasteiger partial charge >= 0.3 is 0 Å². The van der Waals surface area contributed by atoms with Gasteiger partial charge in [0.15, 0.2) is 5.69 Å². The molecule has 1 aromatic carbocycles. The van der Waals surface area contributed by atoms with E-state index in [9.17, 15) is 4.79 Å². The van der Waals surface area contributed by atoms with Crippen LogP contribution in [0.25, 0.3) is 11.3 Å². The number of nitrogens with zero attached hydrogens (tertiary/aromatic N) is 3. The SMILES string of the molecule is CCc1ccc(-c2cc(NC(=O)c3cc(C4CC4)n(C(C)(C)C)n3)on2)cc1. The highest BCUT2D eigenvalue weighted by Gasteiger charge is 2.32. The molecule has 2 heterocycles. The van der Waals surface area contributed by atoms with Gasteiger partial charge in [-0.3, -0.25) is 14.8 Å². The lowest BCUT2D eigenvalue weighted by atomic mass is 10.1. The van der Waals surface area contributed by atoms with Crippen LogP contribution in [0.3, 0.4) is 0 Å². The number of hydrogen-bond donors (Lipinski definition) is 1. The molecule has 0 unspecified atom stereocenters. The topological polar surface area (TPSA) is 73.0 Å². The lowest BCUT2D eigenvalue weighted by molar-refractivity contribution is 0.101. The molecule has 1 fully saturated rings. The predicted molar refractivity (Wildman–Crippen MR) is 108 cm³/mol. The maximum Gasteiger partial charge on any atom is 0.278 e. The monoisotopic (exact) mass is 378 g/mol. The van der Waals surface area contributed by atoms with Gasteiger partial charge in [-0.05, 0) is 51.7 Å². The van der Waals surface area contributed by atoms with Crippen molar-refractivity contribution in [3.8, 4) is 11.3 Å². The molecule has 0 bridgehead atoms. The number of carbonyl (C=O) groups is 1. The standard InChI is InChI=1S/C22H26N4O2/c1-5-14-6-8-15(9-7-14)17-13-20(28-25-17)23-21(27)18-12-19(16-10-11-16)26(24-18)22(2,3)4/h6-9,12-13,16H,5,10-11H2,1-4H3,(H,23,27). The number of aromatic nitrogens is 3. The minimum atomic E-state index is -0.283. The van der Waals surface area contributed by atoms with Crippen LogP contribution >= 0.6 is 0 Å². The van der Waals surface area contributed by atoms with E-state index in [1.54, 1.807) is 6.07 Å². The third kappa shape index (κ3) is 3.72. The maximum absolute atomic E-state index is 12.7. The van der Waals surface area contributed by atoms with Crippen molar-refractivity contribution in [1.82, 2.24) is 14.9 Å². The summed E-state index contributed by atoms with van der Waals surface area (Å²) < 4.78 is 7.29. The van der Waals surface area contributed by atoms with Crippen LogP contribution < -0.4 is 5.32 Å². The van der Waals surface area contributed by atoms with Crippen LogP contribution in [-0.4, -0.2) is 20.8 Å². The predicted octanol–water partition coefficient (Wildman–Crippen LogP) is 4.99. The van der Waals surface area contributed by atoms with Crippen LogP contribution in [0.2, 0.25) is 0 Å². The van der Waals surface area contributed by atoms with E-state index in [4.69, 9.17) is 4.52 Å². The van der Waals surface area contributed by atoms with Gasteiger partial charge in [0.1, 0.15) is 5.69 Å². The first-order chi connectivity index (χ1) is 13.3. The third-order valence-electron chi connectivity index (χ3n) is 5.01. The van der Waals surface area contributed by atoms with E-state index in [2.05, 4.69) is 55.4 Å². The Morgan fingerprint density at radius 2 is 1.93 bits per heavy atom. The normalized spacial score (nSPS) is 14.3. The Hall–Kier alpha value is -2.89. The average Bonchev–Trinajstić information content (AvgIpc) is 3.23. The van der Waals surface area contributed by atoms with Crippen LogP contribution in [0.1, 0.15) is 68.2 Å². The molecule has 28 heavy (non-hydrogen) atoms.